The molecule has 2 rings (SSSR count). The van der Waals surface area contributed by atoms with Crippen LogP contribution in [0.3, 0.4) is 0 Å². The summed E-state index contributed by atoms with van der Waals surface area (Å²) >= 11 is 11.4. The molecule has 80 valence electrons. The highest BCUT2D eigenvalue weighted by atomic mass is 35.5. The SMILES string of the molecule is O=C1OCCN1Cc1nc(Cl)cc(Cl)n1. The molecule has 7 heteroatoms. The Labute approximate surface area is 96.0 Å². The van der Waals surface area contributed by atoms with Gasteiger partial charge in [-0.3, -0.25) is 4.90 Å². The van der Waals surface area contributed by atoms with E-state index in [4.69, 9.17) is 27.9 Å². The number of rotatable bonds is 2. The Morgan fingerprint density at radius 1 is 1.40 bits per heavy atom. The van der Waals surface area contributed by atoms with Crippen molar-refractivity contribution in [2.45, 2.75) is 6.54 Å². The van der Waals surface area contributed by atoms with Gasteiger partial charge in [0.2, 0.25) is 0 Å². The molecule has 0 spiro atoms. The molecule has 15 heavy (non-hydrogen) atoms. The average molecular weight is 248 g/mol. The van der Waals surface area contributed by atoms with Crippen molar-refractivity contribution in [1.82, 2.24) is 14.9 Å². The molecule has 0 N–H and O–H groups in total. The van der Waals surface area contributed by atoms with Gasteiger partial charge in [-0.2, -0.15) is 0 Å². The molecule has 0 aliphatic carbocycles. The highest BCUT2D eigenvalue weighted by Crippen LogP contribution is 2.14. The maximum absolute atomic E-state index is 11.1. The summed E-state index contributed by atoms with van der Waals surface area (Å²) in [6, 6.07) is 1.44. The van der Waals surface area contributed by atoms with E-state index in [2.05, 4.69) is 9.97 Å². The predicted octanol–water partition coefficient (Wildman–Crippen LogP) is 1.74. The Morgan fingerprint density at radius 3 is 2.60 bits per heavy atom. The topological polar surface area (TPSA) is 55.3 Å². The lowest BCUT2D eigenvalue weighted by Crippen LogP contribution is -2.24. The molecule has 0 saturated carbocycles. The van der Waals surface area contributed by atoms with Crippen LogP contribution in [0.15, 0.2) is 6.07 Å². The molecule has 1 aliphatic heterocycles. The summed E-state index contributed by atoms with van der Waals surface area (Å²) in [6.07, 6.45) is -0.366. The molecule has 2 heterocycles. The number of carbonyl (C=O) groups excluding carboxylic acids is 1. The lowest BCUT2D eigenvalue weighted by Gasteiger charge is -2.10. The average Bonchev–Trinajstić information content (AvgIpc) is 2.50. The number of hydrogen-bond donors (Lipinski definition) is 0. The summed E-state index contributed by atoms with van der Waals surface area (Å²) in [5.74, 6) is 0.409. The van der Waals surface area contributed by atoms with Gasteiger partial charge in [0.25, 0.3) is 0 Å². The Morgan fingerprint density at radius 2 is 2.07 bits per heavy atom. The largest absolute Gasteiger partial charge is 0.448 e. The van der Waals surface area contributed by atoms with Crippen molar-refractivity contribution in [3.05, 3.63) is 22.2 Å². The highest BCUT2D eigenvalue weighted by Gasteiger charge is 2.22. The fourth-order valence-corrected chi connectivity index (χ4v) is 1.70. The summed E-state index contributed by atoms with van der Waals surface area (Å²) in [6.45, 7) is 1.19. The van der Waals surface area contributed by atoms with E-state index in [1.54, 1.807) is 0 Å². The number of cyclic esters (lactones) is 1. The highest BCUT2D eigenvalue weighted by molar-refractivity contribution is 6.33. The Bertz CT molecular complexity index is 379. The van der Waals surface area contributed by atoms with Crippen molar-refractivity contribution < 1.29 is 9.53 Å². The third-order valence-electron chi connectivity index (χ3n) is 1.89. The number of aromatic nitrogens is 2. The van der Waals surface area contributed by atoms with E-state index >= 15 is 0 Å². The molecule has 1 amide bonds. The molecule has 1 aromatic rings. The van der Waals surface area contributed by atoms with Gasteiger partial charge in [-0.25, -0.2) is 14.8 Å². The first kappa shape index (κ1) is 10.4. The zero-order valence-electron chi connectivity index (χ0n) is 7.61. The number of nitrogens with zero attached hydrogens (tertiary/aromatic N) is 3. The van der Waals surface area contributed by atoms with Gasteiger partial charge in [0.1, 0.15) is 16.9 Å². The lowest BCUT2D eigenvalue weighted by molar-refractivity contribution is 0.156. The minimum absolute atomic E-state index is 0.262. The van der Waals surface area contributed by atoms with Crippen LogP contribution in [0.4, 0.5) is 4.79 Å². The summed E-state index contributed by atoms with van der Waals surface area (Å²) in [5.41, 5.74) is 0. The molecule has 1 aliphatic rings. The molecular formula is C8H7Cl2N3O2. The van der Waals surface area contributed by atoms with Gasteiger partial charge in [-0.1, -0.05) is 23.2 Å². The molecule has 5 nitrogen and oxygen atoms in total. The van der Waals surface area contributed by atoms with Gasteiger partial charge in [-0.15, -0.1) is 0 Å². The zero-order valence-corrected chi connectivity index (χ0v) is 9.12. The summed E-state index contributed by atoms with van der Waals surface area (Å²) in [7, 11) is 0. The molecule has 0 radical (unpaired) electrons. The molecule has 1 saturated heterocycles. The van der Waals surface area contributed by atoms with Crippen LogP contribution in [-0.2, 0) is 11.3 Å². The molecule has 0 bridgehead atoms. The van der Waals surface area contributed by atoms with Crippen molar-refractivity contribution in [2.24, 2.45) is 0 Å². The molecule has 1 aromatic heterocycles. The van der Waals surface area contributed by atoms with Crippen LogP contribution in [0.2, 0.25) is 10.3 Å². The Balaban J connectivity index is 2.13. The Kier molecular flexibility index (Phi) is 2.93. The fourth-order valence-electron chi connectivity index (χ4n) is 1.25. The first-order valence-corrected chi connectivity index (χ1v) is 5.01. The van der Waals surface area contributed by atoms with Crippen LogP contribution in [0.5, 0.6) is 0 Å². The van der Waals surface area contributed by atoms with Gasteiger partial charge in [0, 0.05) is 6.07 Å². The molecule has 0 aromatic carbocycles. The summed E-state index contributed by atoms with van der Waals surface area (Å²) < 4.78 is 4.76. The molecular weight excluding hydrogens is 241 g/mol. The zero-order chi connectivity index (χ0) is 10.8. The molecule has 0 atom stereocenters. The van der Waals surface area contributed by atoms with E-state index in [9.17, 15) is 4.79 Å². The quantitative estimate of drug-likeness (QED) is 0.748. The van der Waals surface area contributed by atoms with Gasteiger partial charge in [0.05, 0.1) is 13.1 Å². The van der Waals surface area contributed by atoms with Crippen molar-refractivity contribution in [3.63, 3.8) is 0 Å². The maximum Gasteiger partial charge on any atom is 0.410 e. The lowest BCUT2D eigenvalue weighted by atomic mass is 10.5. The number of carbonyl (C=O) groups is 1. The maximum atomic E-state index is 11.1. The third-order valence-corrected chi connectivity index (χ3v) is 2.27. The van der Waals surface area contributed by atoms with Crippen molar-refractivity contribution in [2.75, 3.05) is 13.2 Å². The minimum atomic E-state index is -0.366. The monoisotopic (exact) mass is 247 g/mol. The Hall–Kier alpha value is -1.07. The summed E-state index contributed by atoms with van der Waals surface area (Å²) in [5, 5.41) is 0.523. The van der Waals surface area contributed by atoms with Gasteiger partial charge in [0.15, 0.2) is 5.82 Å². The fraction of sp³-hybridized carbons (Fsp3) is 0.375. The van der Waals surface area contributed by atoms with E-state index in [1.165, 1.54) is 11.0 Å². The molecule has 1 fully saturated rings. The van der Waals surface area contributed by atoms with Crippen LogP contribution >= 0.6 is 23.2 Å². The predicted molar refractivity (Wildman–Crippen MR) is 53.8 cm³/mol. The van der Waals surface area contributed by atoms with Gasteiger partial charge >= 0.3 is 6.09 Å². The smallest absolute Gasteiger partial charge is 0.410 e. The second-order valence-corrected chi connectivity index (χ2v) is 3.74. The van der Waals surface area contributed by atoms with E-state index < -0.39 is 0 Å². The first-order valence-electron chi connectivity index (χ1n) is 4.26. The van der Waals surface area contributed by atoms with Gasteiger partial charge in [-0.05, 0) is 0 Å². The number of ether oxygens (including phenoxy) is 1. The summed E-state index contributed by atoms with van der Waals surface area (Å²) in [4.78, 5) is 20.5. The number of amides is 1. The van der Waals surface area contributed by atoms with Crippen molar-refractivity contribution >= 4 is 29.3 Å². The van der Waals surface area contributed by atoms with E-state index in [1.807, 2.05) is 0 Å². The standard InChI is InChI=1S/C8H7Cl2N3O2/c9-5-3-6(10)12-7(11-5)4-13-1-2-15-8(13)14/h3H,1-2,4H2. The van der Waals surface area contributed by atoms with Crippen molar-refractivity contribution in [1.29, 1.82) is 0 Å². The normalized spacial score (nSPS) is 15.6. The van der Waals surface area contributed by atoms with Crippen molar-refractivity contribution in [3.8, 4) is 0 Å². The minimum Gasteiger partial charge on any atom is -0.448 e. The molecule has 0 unspecified atom stereocenters. The van der Waals surface area contributed by atoms with Gasteiger partial charge < -0.3 is 4.74 Å². The van der Waals surface area contributed by atoms with E-state index in [0.29, 0.717) is 19.0 Å². The number of hydrogen-bond acceptors (Lipinski definition) is 4. The van der Waals surface area contributed by atoms with Crippen LogP contribution in [0, 0.1) is 0 Å². The first-order chi connectivity index (χ1) is 7.15. The van der Waals surface area contributed by atoms with Crippen LogP contribution < -0.4 is 0 Å². The van der Waals surface area contributed by atoms with E-state index in [0.717, 1.165) is 0 Å². The second kappa shape index (κ2) is 4.20. The van der Waals surface area contributed by atoms with E-state index in [-0.39, 0.29) is 22.9 Å². The van der Waals surface area contributed by atoms with Crippen LogP contribution in [0.1, 0.15) is 5.82 Å². The second-order valence-electron chi connectivity index (χ2n) is 2.97. The van der Waals surface area contributed by atoms with Crippen LogP contribution in [0.25, 0.3) is 0 Å². The third kappa shape index (κ3) is 2.49. The van der Waals surface area contributed by atoms with Crippen LogP contribution in [-0.4, -0.2) is 34.1 Å². The number of halogens is 2.